The molecule has 4 rings (SSSR count). The minimum atomic E-state index is 0.628. The summed E-state index contributed by atoms with van der Waals surface area (Å²) >= 11 is 0. The Bertz CT molecular complexity index is 967. The number of pyridine rings is 2. The van der Waals surface area contributed by atoms with Gasteiger partial charge in [0, 0.05) is 61.6 Å². The van der Waals surface area contributed by atoms with Gasteiger partial charge in [-0.25, -0.2) is 15.0 Å². The minimum absolute atomic E-state index is 0.628. The third-order valence-corrected chi connectivity index (χ3v) is 5.01. The largest absolute Gasteiger partial charge is 0.398 e. The molecule has 3 aromatic heterocycles. The summed E-state index contributed by atoms with van der Waals surface area (Å²) in [6, 6.07) is 4.06. The van der Waals surface area contributed by atoms with Crippen LogP contribution in [0, 0.1) is 13.8 Å². The molecule has 1 fully saturated rings. The van der Waals surface area contributed by atoms with E-state index in [1.807, 2.05) is 26.1 Å². The summed E-state index contributed by atoms with van der Waals surface area (Å²) in [4.78, 5) is 20.1. The fraction of sp³-hybridized carbons (Fsp3) is 0.300. The Labute approximate surface area is 164 Å². The third kappa shape index (κ3) is 3.59. The summed E-state index contributed by atoms with van der Waals surface area (Å²) in [5.41, 5.74) is 10.8. The Morgan fingerprint density at radius 3 is 2.64 bits per heavy atom. The molecule has 0 atom stereocenters. The van der Waals surface area contributed by atoms with Gasteiger partial charge in [-0.3, -0.25) is 4.98 Å². The van der Waals surface area contributed by atoms with E-state index in [2.05, 4.69) is 36.6 Å². The van der Waals surface area contributed by atoms with Crippen molar-refractivity contribution in [2.24, 2.45) is 0 Å². The van der Waals surface area contributed by atoms with Crippen LogP contribution in [0.25, 0.3) is 11.3 Å². The van der Waals surface area contributed by atoms with Crippen molar-refractivity contribution in [3.63, 3.8) is 0 Å². The van der Waals surface area contributed by atoms with Crippen molar-refractivity contribution in [2.45, 2.75) is 13.8 Å². The van der Waals surface area contributed by atoms with E-state index in [0.29, 0.717) is 11.6 Å². The van der Waals surface area contributed by atoms with Gasteiger partial charge in [-0.1, -0.05) is 0 Å². The smallest absolute Gasteiger partial charge is 0.150 e. The Kier molecular flexibility index (Phi) is 5.03. The van der Waals surface area contributed by atoms with E-state index in [1.165, 1.54) is 0 Å². The van der Waals surface area contributed by atoms with Crippen LogP contribution >= 0.6 is 0 Å². The standard InChI is InChI=1S/C20H24N8/c1-13-18(21)14(2)20(26-16-12-23-5-6-24-16)27-19(13)15-3-4-25-17(11-15)28-9-7-22-8-10-28/h3-6,11-12,22H,7-10H2,1-2H3,(H3,21,24,26,27). The van der Waals surface area contributed by atoms with Crippen molar-refractivity contribution >= 4 is 23.1 Å². The molecule has 0 radical (unpaired) electrons. The average molecular weight is 376 g/mol. The molecule has 0 spiro atoms. The number of piperazine rings is 1. The average Bonchev–Trinajstić information content (AvgIpc) is 2.75. The number of aromatic nitrogens is 4. The summed E-state index contributed by atoms with van der Waals surface area (Å²) in [5, 5.41) is 6.60. The van der Waals surface area contributed by atoms with E-state index in [0.717, 1.165) is 60.1 Å². The van der Waals surface area contributed by atoms with E-state index >= 15 is 0 Å². The Balaban J connectivity index is 1.73. The zero-order chi connectivity index (χ0) is 19.5. The molecule has 0 aromatic carbocycles. The molecule has 0 bridgehead atoms. The van der Waals surface area contributed by atoms with Crippen LogP contribution in [0.5, 0.6) is 0 Å². The van der Waals surface area contributed by atoms with Gasteiger partial charge in [0.25, 0.3) is 0 Å². The second-order valence-corrected chi connectivity index (χ2v) is 6.83. The maximum atomic E-state index is 6.41. The zero-order valence-corrected chi connectivity index (χ0v) is 16.1. The predicted molar refractivity (Wildman–Crippen MR) is 112 cm³/mol. The fourth-order valence-electron chi connectivity index (χ4n) is 3.34. The topological polar surface area (TPSA) is 105 Å². The number of anilines is 4. The van der Waals surface area contributed by atoms with Crippen LogP contribution in [0.15, 0.2) is 36.9 Å². The number of rotatable bonds is 4. The molecule has 4 N–H and O–H groups in total. The van der Waals surface area contributed by atoms with Crippen LogP contribution < -0.4 is 21.3 Å². The quantitative estimate of drug-likeness (QED) is 0.637. The van der Waals surface area contributed by atoms with E-state index < -0.39 is 0 Å². The highest BCUT2D eigenvalue weighted by Crippen LogP contribution is 2.33. The molecule has 1 aliphatic heterocycles. The third-order valence-electron chi connectivity index (χ3n) is 5.01. The van der Waals surface area contributed by atoms with Gasteiger partial charge in [0.05, 0.1) is 11.9 Å². The molecular weight excluding hydrogens is 352 g/mol. The first-order valence-corrected chi connectivity index (χ1v) is 9.35. The van der Waals surface area contributed by atoms with Crippen LogP contribution in [0.4, 0.5) is 23.1 Å². The molecular formula is C20H24N8. The van der Waals surface area contributed by atoms with E-state index in [9.17, 15) is 0 Å². The highest BCUT2D eigenvalue weighted by molar-refractivity contribution is 5.77. The number of hydrogen-bond donors (Lipinski definition) is 3. The van der Waals surface area contributed by atoms with Crippen LogP contribution in [0.3, 0.4) is 0 Å². The first-order chi connectivity index (χ1) is 13.6. The van der Waals surface area contributed by atoms with Gasteiger partial charge in [-0.05, 0) is 31.5 Å². The number of hydrogen-bond acceptors (Lipinski definition) is 8. The van der Waals surface area contributed by atoms with Gasteiger partial charge in [0.2, 0.25) is 0 Å². The first kappa shape index (κ1) is 18.1. The summed E-state index contributed by atoms with van der Waals surface area (Å²) < 4.78 is 0. The molecule has 3 aromatic rings. The Hall–Kier alpha value is -3.26. The molecule has 0 amide bonds. The maximum Gasteiger partial charge on any atom is 0.150 e. The van der Waals surface area contributed by atoms with E-state index in [4.69, 9.17) is 10.7 Å². The van der Waals surface area contributed by atoms with Crippen molar-refractivity contribution < 1.29 is 0 Å². The summed E-state index contributed by atoms with van der Waals surface area (Å²) in [7, 11) is 0. The molecule has 1 aliphatic rings. The van der Waals surface area contributed by atoms with Gasteiger partial charge >= 0.3 is 0 Å². The minimum Gasteiger partial charge on any atom is -0.398 e. The molecule has 4 heterocycles. The van der Waals surface area contributed by atoms with Crippen molar-refractivity contribution in [3.05, 3.63) is 48.0 Å². The second-order valence-electron chi connectivity index (χ2n) is 6.83. The number of nitrogens with two attached hydrogens (primary N) is 1. The summed E-state index contributed by atoms with van der Waals surface area (Å²) in [6.45, 7) is 7.77. The second kappa shape index (κ2) is 7.77. The molecule has 28 heavy (non-hydrogen) atoms. The Morgan fingerprint density at radius 2 is 1.89 bits per heavy atom. The first-order valence-electron chi connectivity index (χ1n) is 9.35. The maximum absolute atomic E-state index is 6.41. The van der Waals surface area contributed by atoms with Gasteiger partial charge in [-0.15, -0.1) is 0 Å². The summed E-state index contributed by atoms with van der Waals surface area (Å²) in [5.74, 6) is 2.27. The number of nitrogens with one attached hydrogen (secondary N) is 2. The highest BCUT2D eigenvalue weighted by atomic mass is 15.2. The predicted octanol–water partition coefficient (Wildman–Crippen LogP) is 2.29. The van der Waals surface area contributed by atoms with E-state index in [-0.39, 0.29) is 0 Å². The van der Waals surface area contributed by atoms with Gasteiger partial charge in [0.1, 0.15) is 17.5 Å². The molecule has 1 saturated heterocycles. The highest BCUT2D eigenvalue weighted by Gasteiger charge is 2.17. The Morgan fingerprint density at radius 1 is 1.07 bits per heavy atom. The number of nitrogens with zero attached hydrogens (tertiary/aromatic N) is 5. The van der Waals surface area contributed by atoms with Crippen LogP contribution in [-0.4, -0.2) is 46.1 Å². The molecule has 8 nitrogen and oxygen atoms in total. The van der Waals surface area contributed by atoms with Crippen LogP contribution in [0.1, 0.15) is 11.1 Å². The fourth-order valence-corrected chi connectivity index (χ4v) is 3.34. The van der Waals surface area contributed by atoms with Crippen molar-refractivity contribution in [3.8, 4) is 11.3 Å². The van der Waals surface area contributed by atoms with Crippen molar-refractivity contribution in [1.82, 2.24) is 25.3 Å². The SMILES string of the molecule is Cc1c(Nc2cnccn2)nc(-c2ccnc(N3CCNCC3)c2)c(C)c1N. The number of nitrogen functional groups attached to an aromatic ring is 1. The lowest BCUT2D eigenvalue weighted by Crippen LogP contribution is -2.43. The van der Waals surface area contributed by atoms with Gasteiger partial charge in [-0.2, -0.15) is 0 Å². The molecule has 0 unspecified atom stereocenters. The monoisotopic (exact) mass is 376 g/mol. The van der Waals surface area contributed by atoms with E-state index in [1.54, 1.807) is 18.6 Å². The molecule has 0 aliphatic carbocycles. The molecule has 144 valence electrons. The normalized spacial score (nSPS) is 14.1. The van der Waals surface area contributed by atoms with Crippen molar-refractivity contribution in [2.75, 3.05) is 42.1 Å². The summed E-state index contributed by atoms with van der Waals surface area (Å²) in [6.07, 6.45) is 6.76. The van der Waals surface area contributed by atoms with Crippen LogP contribution in [-0.2, 0) is 0 Å². The van der Waals surface area contributed by atoms with Gasteiger partial charge in [0.15, 0.2) is 0 Å². The lowest BCUT2D eigenvalue weighted by Gasteiger charge is -2.28. The lowest BCUT2D eigenvalue weighted by molar-refractivity contribution is 0.585. The van der Waals surface area contributed by atoms with Crippen LogP contribution in [0.2, 0.25) is 0 Å². The zero-order valence-electron chi connectivity index (χ0n) is 16.1. The van der Waals surface area contributed by atoms with Crippen molar-refractivity contribution in [1.29, 1.82) is 0 Å². The van der Waals surface area contributed by atoms with Gasteiger partial charge < -0.3 is 21.3 Å². The molecule has 0 saturated carbocycles. The molecule has 8 heteroatoms. The lowest BCUT2D eigenvalue weighted by atomic mass is 10.0.